The van der Waals surface area contributed by atoms with E-state index in [1.54, 1.807) is 0 Å². The number of hydrogen-bond donors (Lipinski definition) is 2. The molecule has 0 fully saturated rings. The van der Waals surface area contributed by atoms with E-state index < -0.39 is 53.8 Å². The number of nitro benzene ring substituents is 4. The molecule has 0 spiro atoms. The van der Waals surface area contributed by atoms with Gasteiger partial charge in [0.05, 0.1) is 19.7 Å². The molecule has 0 aliphatic carbocycles. The van der Waals surface area contributed by atoms with E-state index in [9.17, 15) is 40.5 Å². The number of rotatable bonds is 4. The maximum atomic E-state index is 10.7. The Labute approximate surface area is 107 Å². The summed E-state index contributed by atoms with van der Waals surface area (Å²) in [7, 11) is 0. The lowest BCUT2D eigenvalue weighted by Crippen LogP contribution is -2.10. The average molecular weight is 288 g/mol. The van der Waals surface area contributed by atoms with Gasteiger partial charge < -0.3 is 11.5 Å². The van der Waals surface area contributed by atoms with Crippen molar-refractivity contribution in [2.75, 3.05) is 11.5 Å². The Morgan fingerprint density at radius 3 is 0.800 bits per heavy atom. The van der Waals surface area contributed by atoms with Gasteiger partial charge >= 0.3 is 22.7 Å². The van der Waals surface area contributed by atoms with Gasteiger partial charge in [0.15, 0.2) is 0 Å². The van der Waals surface area contributed by atoms with Crippen LogP contribution >= 0.6 is 0 Å². The van der Waals surface area contributed by atoms with Crippen molar-refractivity contribution >= 4 is 34.1 Å². The number of anilines is 2. The number of nitro groups is 4. The fourth-order valence-corrected chi connectivity index (χ4v) is 1.47. The van der Waals surface area contributed by atoms with Gasteiger partial charge in [-0.05, 0) is 0 Å². The molecule has 106 valence electrons. The Morgan fingerprint density at radius 2 is 0.700 bits per heavy atom. The Morgan fingerprint density at radius 1 is 0.550 bits per heavy atom. The minimum atomic E-state index is -1.47. The highest BCUT2D eigenvalue weighted by Gasteiger charge is 2.46. The largest absolute Gasteiger partial charge is 0.387 e. The Hall–Kier alpha value is -3.58. The van der Waals surface area contributed by atoms with Crippen molar-refractivity contribution in [1.29, 1.82) is 0 Å². The third-order valence-electron chi connectivity index (χ3n) is 2.20. The van der Waals surface area contributed by atoms with Crippen LogP contribution in [0.4, 0.5) is 34.1 Å². The van der Waals surface area contributed by atoms with E-state index in [1.807, 2.05) is 0 Å². The normalized spacial score (nSPS) is 10.0. The number of nitrogen functional groups attached to an aromatic ring is 2. The number of nitrogens with zero attached hydrogens (tertiary/aromatic N) is 4. The second-order valence-electron chi connectivity index (χ2n) is 3.25. The van der Waals surface area contributed by atoms with E-state index in [4.69, 9.17) is 11.5 Å². The molecule has 4 N–H and O–H groups in total. The summed E-state index contributed by atoms with van der Waals surface area (Å²) < 4.78 is 0. The minimum Gasteiger partial charge on any atom is -0.387 e. The Kier molecular flexibility index (Phi) is 3.33. The standard InChI is InChI=1S/C6H4N6O8/c7-1-3(9(13)14)5(11(17)18)2(8)6(12(19)20)4(1)10(15)16/h7-8H2. The molecule has 0 saturated carbocycles. The van der Waals surface area contributed by atoms with Crippen LogP contribution in [0.5, 0.6) is 0 Å². The van der Waals surface area contributed by atoms with Crippen LogP contribution in [0.15, 0.2) is 0 Å². The molecule has 20 heavy (non-hydrogen) atoms. The molecule has 14 nitrogen and oxygen atoms in total. The van der Waals surface area contributed by atoms with E-state index in [0.29, 0.717) is 0 Å². The fraction of sp³-hybridized carbons (Fsp3) is 0. The number of nitrogens with two attached hydrogens (primary N) is 2. The van der Waals surface area contributed by atoms with Gasteiger partial charge in [0, 0.05) is 0 Å². The smallest absolute Gasteiger partial charge is 0.378 e. The lowest BCUT2D eigenvalue weighted by atomic mass is 10.1. The molecule has 0 unspecified atom stereocenters. The van der Waals surface area contributed by atoms with Crippen LogP contribution in [0.25, 0.3) is 0 Å². The zero-order valence-corrected chi connectivity index (χ0v) is 9.21. The molecule has 1 aromatic rings. The summed E-state index contributed by atoms with van der Waals surface area (Å²) in [5.41, 5.74) is 1.67. The van der Waals surface area contributed by atoms with Gasteiger partial charge in [0.2, 0.25) is 11.4 Å². The molecule has 0 bridgehead atoms. The van der Waals surface area contributed by atoms with Gasteiger partial charge in [-0.2, -0.15) is 0 Å². The Bertz CT molecular complexity index is 558. The summed E-state index contributed by atoms with van der Waals surface area (Å²) >= 11 is 0. The van der Waals surface area contributed by atoms with Gasteiger partial charge in [-0.3, -0.25) is 40.5 Å². The summed E-state index contributed by atoms with van der Waals surface area (Å²) in [5.74, 6) is 0. The zero-order chi connectivity index (χ0) is 15.8. The molecular formula is C6H4N6O8. The third-order valence-corrected chi connectivity index (χ3v) is 2.20. The van der Waals surface area contributed by atoms with Crippen molar-refractivity contribution in [1.82, 2.24) is 0 Å². The van der Waals surface area contributed by atoms with Crippen LogP contribution in [0, 0.1) is 40.5 Å². The summed E-state index contributed by atoms with van der Waals surface area (Å²) in [6.45, 7) is 0. The first-order chi connectivity index (χ1) is 9.11. The molecule has 0 saturated heterocycles. The average Bonchev–Trinajstić information content (AvgIpc) is 2.28. The van der Waals surface area contributed by atoms with Crippen molar-refractivity contribution in [2.24, 2.45) is 0 Å². The number of hydrogen-bond acceptors (Lipinski definition) is 10. The van der Waals surface area contributed by atoms with Gasteiger partial charge in [-0.1, -0.05) is 0 Å². The molecule has 0 aromatic heterocycles. The number of benzene rings is 1. The van der Waals surface area contributed by atoms with E-state index in [1.165, 1.54) is 0 Å². The first-order valence-corrected chi connectivity index (χ1v) is 4.43. The minimum absolute atomic E-state index is 1.31. The lowest BCUT2D eigenvalue weighted by molar-refractivity contribution is -0.431. The maximum Gasteiger partial charge on any atom is 0.378 e. The second-order valence-corrected chi connectivity index (χ2v) is 3.25. The predicted octanol–water partition coefficient (Wildman–Crippen LogP) is 0.484. The van der Waals surface area contributed by atoms with Crippen molar-refractivity contribution in [3.63, 3.8) is 0 Å². The van der Waals surface area contributed by atoms with Gasteiger partial charge in [0.25, 0.3) is 0 Å². The molecule has 0 radical (unpaired) electrons. The highest BCUT2D eigenvalue weighted by molar-refractivity contribution is 5.95. The first-order valence-electron chi connectivity index (χ1n) is 4.43. The van der Waals surface area contributed by atoms with Crippen LogP contribution in [0.2, 0.25) is 0 Å². The summed E-state index contributed by atoms with van der Waals surface area (Å²) in [5, 5.41) is 42.9. The van der Waals surface area contributed by atoms with Gasteiger partial charge in [-0.15, -0.1) is 0 Å². The van der Waals surface area contributed by atoms with Crippen molar-refractivity contribution in [2.45, 2.75) is 0 Å². The molecule has 14 heteroatoms. The van der Waals surface area contributed by atoms with Crippen molar-refractivity contribution in [3.8, 4) is 0 Å². The van der Waals surface area contributed by atoms with Crippen LogP contribution in [-0.2, 0) is 0 Å². The lowest BCUT2D eigenvalue weighted by Gasteiger charge is -2.04. The highest BCUT2D eigenvalue weighted by atomic mass is 16.6. The zero-order valence-electron chi connectivity index (χ0n) is 9.21. The quantitative estimate of drug-likeness (QED) is 0.442. The molecule has 0 atom stereocenters. The molecule has 0 amide bonds. The third kappa shape index (κ3) is 1.96. The van der Waals surface area contributed by atoms with E-state index in [0.717, 1.165) is 0 Å². The van der Waals surface area contributed by atoms with Gasteiger partial charge in [-0.25, -0.2) is 0 Å². The molecule has 1 aromatic carbocycles. The molecule has 0 aliphatic rings. The molecule has 1 rings (SSSR count). The van der Waals surface area contributed by atoms with Crippen LogP contribution in [-0.4, -0.2) is 19.7 Å². The SMILES string of the molecule is Nc1c([N+](=O)[O-])c([N+](=O)[O-])c(N)c([N+](=O)[O-])c1[N+](=O)[O-]. The first kappa shape index (κ1) is 14.5. The Balaban J connectivity index is 4.10. The maximum absolute atomic E-state index is 10.7. The van der Waals surface area contributed by atoms with E-state index in [2.05, 4.69) is 0 Å². The molecule has 0 heterocycles. The highest BCUT2D eigenvalue weighted by Crippen LogP contribution is 2.50. The summed E-state index contributed by atoms with van der Waals surface area (Å²) in [6.07, 6.45) is 0. The van der Waals surface area contributed by atoms with E-state index >= 15 is 0 Å². The fourth-order valence-electron chi connectivity index (χ4n) is 1.47. The molecule has 0 aliphatic heterocycles. The topological polar surface area (TPSA) is 225 Å². The van der Waals surface area contributed by atoms with Crippen LogP contribution in [0.1, 0.15) is 0 Å². The predicted molar refractivity (Wildman–Crippen MR) is 61.9 cm³/mol. The van der Waals surface area contributed by atoms with Crippen molar-refractivity contribution in [3.05, 3.63) is 40.5 Å². The monoisotopic (exact) mass is 288 g/mol. The molecular weight excluding hydrogens is 284 g/mol. The van der Waals surface area contributed by atoms with Gasteiger partial charge in [0.1, 0.15) is 0 Å². The summed E-state index contributed by atoms with van der Waals surface area (Å²) in [4.78, 5) is 37.4. The van der Waals surface area contributed by atoms with Crippen LogP contribution < -0.4 is 11.5 Å². The summed E-state index contributed by atoms with van der Waals surface area (Å²) in [6, 6.07) is 0. The second kappa shape index (κ2) is 4.59. The van der Waals surface area contributed by atoms with E-state index in [-0.39, 0.29) is 0 Å². The van der Waals surface area contributed by atoms with Crippen LogP contribution in [0.3, 0.4) is 0 Å². The van der Waals surface area contributed by atoms with Crippen molar-refractivity contribution < 1.29 is 19.7 Å².